The fourth-order valence-corrected chi connectivity index (χ4v) is 4.83. The minimum Gasteiger partial charge on any atom is -0.481 e. The van der Waals surface area contributed by atoms with Crippen LogP contribution in [0, 0.1) is 0 Å². The van der Waals surface area contributed by atoms with Crippen molar-refractivity contribution in [3.05, 3.63) is 89.0 Å². The van der Waals surface area contributed by atoms with Gasteiger partial charge in [-0.15, -0.1) is 0 Å². The number of amides is 1. The zero-order valence-electron chi connectivity index (χ0n) is 22.5. The van der Waals surface area contributed by atoms with Crippen molar-refractivity contribution in [1.82, 2.24) is 10.3 Å². The number of hydrogen-bond donors (Lipinski definition) is 1. The van der Waals surface area contributed by atoms with E-state index in [1.54, 1.807) is 19.4 Å². The molecule has 0 unspecified atom stereocenters. The van der Waals surface area contributed by atoms with E-state index in [2.05, 4.69) is 34.6 Å². The first-order valence-electron chi connectivity index (χ1n) is 12.8. The molecule has 1 saturated heterocycles. The van der Waals surface area contributed by atoms with Crippen LogP contribution >= 0.6 is 0 Å². The van der Waals surface area contributed by atoms with Gasteiger partial charge in [0.2, 0.25) is 5.88 Å². The van der Waals surface area contributed by atoms with Gasteiger partial charge in [-0.2, -0.15) is 0 Å². The number of alkyl carbamates (subject to hydrolysis) is 1. The molecule has 0 spiro atoms. The lowest BCUT2D eigenvalue weighted by atomic mass is 9.77. The minimum absolute atomic E-state index is 0.00312. The van der Waals surface area contributed by atoms with E-state index >= 15 is 0 Å². The first-order valence-corrected chi connectivity index (χ1v) is 12.8. The predicted octanol–water partition coefficient (Wildman–Crippen LogP) is 5.64. The summed E-state index contributed by atoms with van der Waals surface area (Å²) in [7, 11) is 0.947. The zero-order chi connectivity index (χ0) is 26.9. The van der Waals surface area contributed by atoms with Gasteiger partial charge in [0.1, 0.15) is 6.61 Å². The number of aromatic nitrogens is 1. The van der Waals surface area contributed by atoms with Crippen LogP contribution in [-0.2, 0) is 14.0 Å². The second kappa shape index (κ2) is 10.3. The van der Waals surface area contributed by atoms with Crippen LogP contribution in [0.2, 0.25) is 0 Å². The quantitative estimate of drug-likeness (QED) is 0.413. The summed E-state index contributed by atoms with van der Waals surface area (Å²) in [5.41, 5.74) is 5.29. The predicted molar refractivity (Wildman–Crippen MR) is 148 cm³/mol. The maximum absolute atomic E-state index is 12.9. The fraction of sp³-hybridized carbons (Fsp3) is 0.333. The van der Waals surface area contributed by atoms with E-state index in [9.17, 15) is 4.79 Å². The van der Waals surface area contributed by atoms with Gasteiger partial charge in [0, 0.05) is 24.7 Å². The van der Waals surface area contributed by atoms with Crippen molar-refractivity contribution in [3.63, 3.8) is 0 Å². The van der Waals surface area contributed by atoms with E-state index in [-0.39, 0.29) is 19.1 Å². The largest absolute Gasteiger partial charge is 0.492 e. The molecule has 3 aromatic rings. The number of ether oxygens (including phenoxy) is 2. The summed E-state index contributed by atoms with van der Waals surface area (Å²) in [6.45, 7) is 8.44. The van der Waals surface area contributed by atoms with Gasteiger partial charge in [-0.25, -0.2) is 9.78 Å². The Morgan fingerprint density at radius 2 is 1.58 bits per heavy atom. The van der Waals surface area contributed by atoms with Crippen LogP contribution in [-0.4, -0.2) is 49.7 Å². The molecule has 0 saturated carbocycles. The minimum atomic E-state index is -0.629. The van der Waals surface area contributed by atoms with Crippen LogP contribution in [0.5, 0.6) is 5.88 Å². The molecule has 5 rings (SSSR count). The maximum Gasteiger partial charge on any atom is 0.492 e. The van der Waals surface area contributed by atoms with Gasteiger partial charge in [-0.05, 0) is 67.1 Å². The first-order chi connectivity index (χ1) is 18.2. The van der Waals surface area contributed by atoms with Crippen molar-refractivity contribution in [2.45, 2.75) is 44.8 Å². The molecule has 0 radical (unpaired) electrons. The lowest BCUT2D eigenvalue weighted by Crippen LogP contribution is -2.41. The van der Waals surface area contributed by atoms with E-state index in [1.165, 1.54) is 22.3 Å². The average Bonchev–Trinajstić information content (AvgIpc) is 3.34. The van der Waals surface area contributed by atoms with Crippen molar-refractivity contribution >= 4 is 19.3 Å². The first kappa shape index (κ1) is 26.0. The van der Waals surface area contributed by atoms with Crippen LogP contribution in [0.25, 0.3) is 17.2 Å². The Morgan fingerprint density at radius 3 is 2.13 bits per heavy atom. The lowest BCUT2D eigenvalue weighted by molar-refractivity contribution is 0.00578. The summed E-state index contributed by atoms with van der Waals surface area (Å²) in [5.74, 6) is 0.521. The number of nitrogens with zero attached hydrogens (tertiary/aromatic N) is 1. The number of benzene rings is 2. The van der Waals surface area contributed by atoms with E-state index in [0.717, 1.165) is 11.0 Å². The van der Waals surface area contributed by atoms with Gasteiger partial charge in [0.15, 0.2) is 0 Å². The number of methoxy groups -OCH3 is 1. The van der Waals surface area contributed by atoms with Crippen molar-refractivity contribution in [1.29, 1.82) is 0 Å². The molecule has 1 aliphatic heterocycles. The molecule has 7 nitrogen and oxygen atoms in total. The molecule has 0 bridgehead atoms. The van der Waals surface area contributed by atoms with Gasteiger partial charge in [-0.3, -0.25) is 0 Å². The van der Waals surface area contributed by atoms with Gasteiger partial charge < -0.3 is 24.1 Å². The van der Waals surface area contributed by atoms with Crippen LogP contribution < -0.4 is 10.1 Å². The number of rotatable bonds is 7. The van der Waals surface area contributed by atoms with Crippen LogP contribution in [0.15, 0.2) is 72.3 Å². The molecule has 196 valence electrons. The summed E-state index contributed by atoms with van der Waals surface area (Å²) in [6, 6.07) is 20.2. The average molecular weight is 512 g/mol. The Labute approximate surface area is 224 Å². The monoisotopic (exact) mass is 512 g/mol. The third-order valence-electron chi connectivity index (χ3n) is 7.66. The molecule has 1 amide bonds. The Hall–Kier alpha value is -3.62. The summed E-state index contributed by atoms with van der Waals surface area (Å²) in [4.78, 5) is 17.1. The standard InChI is InChI=1S/C30H33BN2O5/c1-29(2)30(3,4)38-31(37-29)21(16-20-14-15-27(35-5)32-17-20)18-33-28(34)36-19-26-24-12-8-6-10-22(24)23-11-7-9-13-25(23)26/h6-17,26H,18-19H2,1-5H3,(H,33,34). The smallest absolute Gasteiger partial charge is 0.481 e. The number of fused-ring (bicyclic) bond motifs is 3. The zero-order valence-corrected chi connectivity index (χ0v) is 22.5. The number of carbonyl (C=O) groups is 1. The SMILES string of the molecule is COc1ccc(C=C(CNC(=O)OCC2c3ccccc3-c3ccccc32)B2OC(C)(C)C(C)(C)O2)cn1. The summed E-state index contributed by atoms with van der Waals surface area (Å²) in [6.07, 6.45) is 3.12. The van der Waals surface area contributed by atoms with Gasteiger partial charge in [0.05, 0.1) is 18.3 Å². The summed E-state index contributed by atoms with van der Waals surface area (Å²) in [5, 5.41) is 2.89. The molecule has 1 fully saturated rings. The lowest BCUT2D eigenvalue weighted by Gasteiger charge is -2.32. The highest BCUT2D eigenvalue weighted by Crippen LogP contribution is 2.44. The van der Waals surface area contributed by atoms with Gasteiger partial charge in [0.25, 0.3) is 0 Å². The molecule has 2 heterocycles. The Balaban J connectivity index is 1.29. The Kier molecular flexibility index (Phi) is 7.03. The second-order valence-electron chi connectivity index (χ2n) is 10.6. The van der Waals surface area contributed by atoms with Gasteiger partial charge >= 0.3 is 13.2 Å². The van der Waals surface area contributed by atoms with Crippen molar-refractivity contribution in [2.24, 2.45) is 0 Å². The molecule has 1 N–H and O–H groups in total. The molecule has 1 aliphatic carbocycles. The fourth-order valence-electron chi connectivity index (χ4n) is 4.83. The number of nitrogens with one attached hydrogen (secondary N) is 1. The molecule has 2 aliphatic rings. The third kappa shape index (κ3) is 5.06. The molecule has 8 heteroatoms. The van der Waals surface area contributed by atoms with Gasteiger partial charge in [-0.1, -0.05) is 54.6 Å². The normalized spacial score (nSPS) is 17.6. The van der Waals surface area contributed by atoms with Crippen LogP contribution in [0.1, 0.15) is 50.3 Å². The van der Waals surface area contributed by atoms with Crippen LogP contribution in [0.4, 0.5) is 4.79 Å². The highest BCUT2D eigenvalue weighted by atomic mass is 16.7. The van der Waals surface area contributed by atoms with Crippen molar-refractivity contribution < 1.29 is 23.6 Å². The number of hydrogen-bond acceptors (Lipinski definition) is 6. The molecule has 1 aromatic heterocycles. The topological polar surface area (TPSA) is 78.9 Å². The van der Waals surface area contributed by atoms with E-state index < -0.39 is 24.4 Å². The highest BCUT2D eigenvalue weighted by Gasteiger charge is 2.52. The van der Waals surface area contributed by atoms with E-state index in [0.29, 0.717) is 5.88 Å². The highest BCUT2D eigenvalue weighted by molar-refractivity contribution is 6.56. The Bertz CT molecular complexity index is 1290. The molecule has 0 atom stereocenters. The Morgan fingerprint density at radius 1 is 0.974 bits per heavy atom. The summed E-state index contributed by atoms with van der Waals surface area (Å²) >= 11 is 0. The van der Waals surface area contributed by atoms with Crippen LogP contribution in [0.3, 0.4) is 0 Å². The second-order valence-corrected chi connectivity index (χ2v) is 10.6. The molecular weight excluding hydrogens is 479 g/mol. The third-order valence-corrected chi connectivity index (χ3v) is 7.66. The molecule has 38 heavy (non-hydrogen) atoms. The number of pyridine rings is 1. The number of carbonyl (C=O) groups excluding carboxylic acids is 1. The maximum atomic E-state index is 12.9. The molecular formula is C30H33BN2O5. The van der Waals surface area contributed by atoms with E-state index in [1.807, 2.05) is 64.1 Å². The van der Waals surface area contributed by atoms with Crippen molar-refractivity contribution in [3.8, 4) is 17.0 Å². The summed E-state index contributed by atoms with van der Waals surface area (Å²) < 4.78 is 23.4. The van der Waals surface area contributed by atoms with E-state index in [4.69, 9.17) is 18.8 Å². The molecule has 2 aromatic carbocycles. The van der Waals surface area contributed by atoms with Crippen molar-refractivity contribution in [2.75, 3.05) is 20.3 Å².